The summed E-state index contributed by atoms with van der Waals surface area (Å²) >= 11 is 5.00. The van der Waals surface area contributed by atoms with E-state index in [1.807, 2.05) is 13.8 Å². The molecule has 1 fully saturated rings. The molecule has 0 radical (unpaired) electrons. The first kappa shape index (κ1) is 13.0. The Morgan fingerprint density at radius 2 is 2.29 bits per heavy atom. The highest BCUT2D eigenvalue weighted by Gasteiger charge is 2.28. The zero-order valence-corrected chi connectivity index (χ0v) is 12.5. The highest BCUT2D eigenvalue weighted by molar-refractivity contribution is 9.09. The number of alkyl halides is 1. The van der Waals surface area contributed by atoms with Gasteiger partial charge < -0.3 is 5.32 Å². The van der Waals surface area contributed by atoms with Gasteiger partial charge in [0.25, 0.3) is 5.91 Å². The molecule has 1 aliphatic rings. The van der Waals surface area contributed by atoms with Gasteiger partial charge in [0.1, 0.15) is 4.88 Å². The number of carbonyl (C=O) groups is 1. The largest absolute Gasteiger partial charge is 0.348 e. The van der Waals surface area contributed by atoms with Crippen LogP contribution < -0.4 is 5.32 Å². The molecule has 0 bridgehead atoms. The third kappa shape index (κ3) is 2.88. The molecule has 1 aromatic heterocycles. The van der Waals surface area contributed by atoms with E-state index in [1.54, 1.807) is 0 Å². The lowest BCUT2D eigenvalue weighted by Gasteiger charge is -2.18. The van der Waals surface area contributed by atoms with Gasteiger partial charge in [-0.2, -0.15) is 0 Å². The molecule has 3 nitrogen and oxygen atoms in total. The first-order valence-corrected chi connectivity index (χ1v) is 7.86. The van der Waals surface area contributed by atoms with Crippen LogP contribution in [0.3, 0.4) is 0 Å². The maximum absolute atomic E-state index is 12.1. The summed E-state index contributed by atoms with van der Waals surface area (Å²) in [5, 5.41) is 5.08. The average Bonchev–Trinajstić information content (AvgIpc) is 2.84. The number of nitrogens with one attached hydrogen (secondary N) is 1. The highest BCUT2D eigenvalue weighted by Crippen LogP contribution is 2.28. The minimum Gasteiger partial charge on any atom is -0.348 e. The maximum atomic E-state index is 12.1. The van der Waals surface area contributed by atoms with Crippen molar-refractivity contribution in [2.75, 3.05) is 5.33 Å². The number of hydrogen-bond acceptors (Lipinski definition) is 3. The molecule has 0 saturated heterocycles. The van der Waals surface area contributed by atoms with Gasteiger partial charge in [-0.05, 0) is 32.6 Å². The van der Waals surface area contributed by atoms with Gasteiger partial charge in [-0.15, -0.1) is 11.3 Å². The number of carbonyl (C=O) groups excluding carboxylic acids is 1. The molecule has 1 saturated carbocycles. The molecular formula is C12H17BrN2OS. The molecule has 1 amide bonds. The van der Waals surface area contributed by atoms with E-state index in [0.29, 0.717) is 12.0 Å². The van der Waals surface area contributed by atoms with Gasteiger partial charge in [-0.1, -0.05) is 22.4 Å². The summed E-state index contributed by atoms with van der Waals surface area (Å²) in [6, 6.07) is 0.323. The van der Waals surface area contributed by atoms with Crippen molar-refractivity contribution >= 4 is 33.2 Å². The van der Waals surface area contributed by atoms with Crippen LogP contribution in [0.4, 0.5) is 0 Å². The maximum Gasteiger partial charge on any atom is 0.263 e. The number of nitrogens with zero attached hydrogens (tertiary/aromatic N) is 1. The standard InChI is InChI=1S/C12H17BrN2OS/c1-7-11(17-8(2)14-7)12(16)15-10-5-3-4-9(10)6-13/h9-10H,3-6H2,1-2H3,(H,15,16). The number of amides is 1. The predicted octanol–water partition coefficient (Wildman–Crippen LogP) is 3.05. The topological polar surface area (TPSA) is 42.0 Å². The van der Waals surface area contributed by atoms with Crippen molar-refractivity contribution in [3.8, 4) is 0 Å². The minimum atomic E-state index is 0.0472. The van der Waals surface area contributed by atoms with Crippen molar-refractivity contribution in [2.24, 2.45) is 5.92 Å². The van der Waals surface area contributed by atoms with Crippen molar-refractivity contribution in [3.05, 3.63) is 15.6 Å². The molecule has 17 heavy (non-hydrogen) atoms. The molecule has 2 rings (SSSR count). The van der Waals surface area contributed by atoms with Crippen molar-refractivity contribution in [1.29, 1.82) is 0 Å². The van der Waals surface area contributed by atoms with Crippen molar-refractivity contribution < 1.29 is 4.79 Å². The van der Waals surface area contributed by atoms with Crippen molar-refractivity contribution in [2.45, 2.75) is 39.2 Å². The summed E-state index contributed by atoms with van der Waals surface area (Å²) in [5.41, 5.74) is 0.846. The second kappa shape index (κ2) is 5.48. The van der Waals surface area contributed by atoms with Crippen LogP contribution >= 0.6 is 27.3 Å². The number of halogens is 1. The van der Waals surface area contributed by atoms with Gasteiger partial charge in [0, 0.05) is 11.4 Å². The van der Waals surface area contributed by atoms with Gasteiger partial charge in [-0.25, -0.2) is 4.98 Å². The number of thiazole rings is 1. The van der Waals surface area contributed by atoms with Gasteiger partial charge >= 0.3 is 0 Å². The van der Waals surface area contributed by atoms with E-state index < -0.39 is 0 Å². The summed E-state index contributed by atoms with van der Waals surface area (Å²) < 4.78 is 0. The Bertz CT molecular complexity index is 419. The summed E-state index contributed by atoms with van der Waals surface area (Å²) in [5.74, 6) is 0.624. The second-order valence-electron chi connectivity index (χ2n) is 4.57. The number of aryl methyl sites for hydroxylation is 2. The average molecular weight is 317 g/mol. The van der Waals surface area contributed by atoms with E-state index in [9.17, 15) is 4.79 Å². The van der Waals surface area contributed by atoms with Crippen molar-refractivity contribution in [3.63, 3.8) is 0 Å². The SMILES string of the molecule is Cc1nc(C)c(C(=O)NC2CCCC2CBr)s1. The van der Waals surface area contributed by atoms with Crippen LogP contribution in [0, 0.1) is 19.8 Å². The fraction of sp³-hybridized carbons (Fsp3) is 0.667. The van der Waals surface area contributed by atoms with Crippen LogP contribution in [-0.2, 0) is 0 Å². The molecule has 1 aliphatic carbocycles. The Balaban J connectivity index is 2.04. The van der Waals surface area contributed by atoms with Crippen LogP contribution in [0.2, 0.25) is 0 Å². The van der Waals surface area contributed by atoms with E-state index in [-0.39, 0.29) is 5.91 Å². The minimum absolute atomic E-state index is 0.0472. The lowest BCUT2D eigenvalue weighted by atomic mass is 10.1. The molecule has 0 aromatic carbocycles. The molecular weight excluding hydrogens is 300 g/mol. The van der Waals surface area contributed by atoms with Crippen LogP contribution in [0.25, 0.3) is 0 Å². The van der Waals surface area contributed by atoms with E-state index >= 15 is 0 Å². The van der Waals surface area contributed by atoms with Crippen molar-refractivity contribution in [1.82, 2.24) is 10.3 Å². The fourth-order valence-electron chi connectivity index (χ4n) is 2.39. The number of aromatic nitrogens is 1. The quantitative estimate of drug-likeness (QED) is 0.871. The van der Waals surface area contributed by atoms with E-state index in [4.69, 9.17) is 0 Å². The van der Waals surface area contributed by atoms with Crippen LogP contribution in [0.1, 0.15) is 39.6 Å². The lowest BCUT2D eigenvalue weighted by Crippen LogP contribution is -2.37. The Morgan fingerprint density at radius 3 is 2.88 bits per heavy atom. The summed E-state index contributed by atoms with van der Waals surface area (Å²) in [6.07, 6.45) is 3.51. The third-order valence-corrected chi connectivity index (χ3v) is 5.19. The smallest absolute Gasteiger partial charge is 0.263 e. The van der Waals surface area contributed by atoms with Crippen LogP contribution in [0.15, 0.2) is 0 Å². The van der Waals surface area contributed by atoms with Gasteiger partial charge in [0.05, 0.1) is 10.7 Å². The molecule has 2 unspecified atom stereocenters. The summed E-state index contributed by atoms with van der Waals surface area (Å²) in [6.45, 7) is 3.83. The molecule has 0 spiro atoms. The Hall–Kier alpha value is -0.420. The second-order valence-corrected chi connectivity index (χ2v) is 6.42. The molecule has 1 heterocycles. The monoisotopic (exact) mass is 316 g/mol. The number of hydrogen-bond donors (Lipinski definition) is 1. The molecule has 0 aliphatic heterocycles. The zero-order chi connectivity index (χ0) is 12.4. The fourth-order valence-corrected chi connectivity index (χ4v) is 3.99. The molecule has 94 valence electrons. The highest BCUT2D eigenvalue weighted by atomic mass is 79.9. The van der Waals surface area contributed by atoms with Gasteiger partial charge in [0.15, 0.2) is 0 Å². The Kier molecular flexibility index (Phi) is 4.20. The molecule has 1 aromatic rings. The summed E-state index contributed by atoms with van der Waals surface area (Å²) in [7, 11) is 0. The van der Waals surface area contributed by atoms with Gasteiger partial charge in [-0.3, -0.25) is 4.79 Å². The van der Waals surface area contributed by atoms with Gasteiger partial charge in [0.2, 0.25) is 0 Å². The third-order valence-electron chi connectivity index (χ3n) is 3.28. The zero-order valence-electron chi connectivity index (χ0n) is 10.1. The summed E-state index contributed by atoms with van der Waals surface area (Å²) in [4.78, 5) is 17.2. The van der Waals surface area contributed by atoms with E-state index in [2.05, 4.69) is 26.2 Å². The Labute approximate surface area is 114 Å². The first-order chi connectivity index (χ1) is 8.11. The molecule has 2 atom stereocenters. The van der Waals surface area contributed by atoms with Crippen LogP contribution in [-0.4, -0.2) is 22.3 Å². The molecule has 5 heteroatoms. The van der Waals surface area contributed by atoms with E-state index in [1.165, 1.54) is 24.2 Å². The Morgan fingerprint density at radius 1 is 1.53 bits per heavy atom. The molecule has 1 N–H and O–H groups in total. The first-order valence-electron chi connectivity index (χ1n) is 5.92. The number of rotatable bonds is 3. The van der Waals surface area contributed by atoms with E-state index in [0.717, 1.165) is 27.3 Å². The predicted molar refractivity (Wildman–Crippen MR) is 74.0 cm³/mol. The van der Waals surface area contributed by atoms with Crippen LogP contribution in [0.5, 0.6) is 0 Å². The normalized spacial score (nSPS) is 23.9. The lowest BCUT2D eigenvalue weighted by molar-refractivity contribution is 0.0933.